The molecule has 0 spiro atoms. The van der Waals surface area contributed by atoms with Gasteiger partial charge < -0.3 is 5.73 Å². The van der Waals surface area contributed by atoms with Crippen molar-refractivity contribution in [2.45, 2.75) is 6.54 Å². The third-order valence-electron chi connectivity index (χ3n) is 0.993. The molecule has 1 nitrogen and oxygen atoms in total. The van der Waals surface area contributed by atoms with Crippen molar-refractivity contribution in [2.75, 3.05) is 0 Å². The molecule has 0 aliphatic carbocycles. The van der Waals surface area contributed by atoms with Gasteiger partial charge in [0.2, 0.25) is 0 Å². The first-order valence-corrected chi connectivity index (χ1v) is 7.47. The van der Waals surface area contributed by atoms with Crippen LogP contribution in [0.3, 0.4) is 0 Å². The van der Waals surface area contributed by atoms with E-state index in [0.717, 1.165) is 5.56 Å². The molecule has 0 unspecified atom stereocenters. The summed E-state index contributed by atoms with van der Waals surface area (Å²) in [6.07, 6.45) is 0. The molecular formula is C7H8Br2CuN-. The predicted octanol–water partition coefficient (Wildman–Crippen LogP) is 2.63. The van der Waals surface area contributed by atoms with E-state index in [-0.39, 0.29) is 0 Å². The number of halogens is 2. The maximum atomic E-state index is 5.32. The first kappa shape index (κ1) is 11.7. The number of benzene rings is 1. The fourth-order valence-electron chi connectivity index (χ4n) is 0.557. The van der Waals surface area contributed by atoms with E-state index in [9.17, 15) is 0 Å². The number of hydrogen-bond donors (Lipinski definition) is 1. The van der Waals surface area contributed by atoms with E-state index in [0.29, 0.717) is 6.54 Å². The summed E-state index contributed by atoms with van der Waals surface area (Å²) >= 11 is 7.38. The molecule has 0 aliphatic heterocycles. The van der Waals surface area contributed by atoms with Gasteiger partial charge in [-0.05, 0) is 6.54 Å². The fraction of sp³-hybridized carbons (Fsp3) is 0.143. The van der Waals surface area contributed by atoms with Crippen molar-refractivity contribution in [2.24, 2.45) is 5.73 Å². The number of nitrogens with two attached hydrogens (primary N) is 1. The van der Waals surface area contributed by atoms with Crippen LogP contribution in [0.4, 0.5) is 0 Å². The minimum absolute atomic E-state index is 0.584. The van der Waals surface area contributed by atoms with Crippen LogP contribution < -0.4 is 5.73 Å². The standard InChI is InChI=1S/C7H8N.2BrH.Cu/c8-6-7-4-2-1-3-5-7;;;/h1-4H,6,8H2;2*1H;/q-1;;;+2/p-2. The third kappa shape index (κ3) is 7.03. The zero-order valence-electron chi connectivity index (χ0n) is 5.65. The molecule has 0 saturated carbocycles. The summed E-state index contributed by atoms with van der Waals surface area (Å²) in [4.78, 5) is 0. The average Bonchev–Trinajstić information content (AvgIpc) is 2.08. The Morgan fingerprint density at radius 2 is 2.09 bits per heavy atom. The second-order valence-electron chi connectivity index (χ2n) is 1.64. The normalized spacial score (nSPS) is 8.64. The summed E-state index contributed by atoms with van der Waals surface area (Å²) in [5.74, 6) is 0. The van der Waals surface area contributed by atoms with Crippen molar-refractivity contribution in [3.05, 3.63) is 35.9 Å². The molecule has 4 heteroatoms. The van der Waals surface area contributed by atoms with Gasteiger partial charge in [0.1, 0.15) is 0 Å². The summed E-state index contributed by atoms with van der Waals surface area (Å²) in [7, 11) is 0. The van der Waals surface area contributed by atoms with Crippen LogP contribution in [0.25, 0.3) is 0 Å². The van der Waals surface area contributed by atoms with Crippen molar-refractivity contribution >= 4 is 28.2 Å². The molecule has 0 fully saturated rings. The molecule has 0 amide bonds. The first-order valence-electron chi connectivity index (χ1n) is 2.82. The Morgan fingerprint density at radius 1 is 1.45 bits per heavy atom. The summed E-state index contributed by atoms with van der Waals surface area (Å²) in [5, 5.41) is 0. The Hall–Kier alpha value is 0.659. The monoisotopic (exact) mass is 327 g/mol. The van der Waals surface area contributed by atoms with Gasteiger partial charge in [0.15, 0.2) is 0 Å². The van der Waals surface area contributed by atoms with Crippen molar-refractivity contribution in [3.8, 4) is 0 Å². The van der Waals surface area contributed by atoms with Gasteiger partial charge in [-0.1, -0.05) is 0 Å². The first-order chi connectivity index (χ1) is 5.35. The maximum absolute atomic E-state index is 5.32. The molecule has 11 heavy (non-hydrogen) atoms. The van der Waals surface area contributed by atoms with E-state index in [2.05, 4.69) is 34.3 Å². The Bertz CT molecular complexity index is 169. The molecule has 0 heterocycles. The molecule has 1 rings (SSSR count). The summed E-state index contributed by atoms with van der Waals surface area (Å²) < 4.78 is 0. The Balaban J connectivity index is 0.000000292. The second-order valence-corrected chi connectivity index (χ2v) is 6.39. The molecule has 0 saturated heterocycles. The fourth-order valence-corrected chi connectivity index (χ4v) is 0.557. The summed E-state index contributed by atoms with van der Waals surface area (Å²) in [6, 6.07) is 10.7. The summed E-state index contributed by atoms with van der Waals surface area (Å²) in [5.41, 5.74) is 6.38. The number of rotatable bonds is 1. The van der Waals surface area contributed by atoms with Crippen molar-refractivity contribution in [1.29, 1.82) is 0 Å². The van der Waals surface area contributed by atoms with Crippen molar-refractivity contribution in [1.82, 2.24) is 0 Å². The van der Waals surface area contributed by atoms with Gasteiger partial charge in [0.25, 0.3) is 0 Å². The van der Waals surface area contributed by atoms with Crippen LogP contribution in [0.5, 0.6) is 0 Å². The van der Waals surface area contributed by atoms with Gasteiger partial charge in [-0.25, -0.2) is 0 Å². The van der Waals surface area contributed by atoms with Crippen LogP contribution in [0, 0.1) is 6.07 Å². The van der Waals surface area contributed by atoms with Gasteiger partial charge in [0.05, 0.1) is 0 Å². The summed E-state index contributed by atoms with van der Waals surface area (Å²) in [6.45, 7) is 0.584. The molecule has 0 aliphatic rings. The Kier molecular flexibility index (Phi) is 9.28. The van der Waals surface area contributed by atoms with Crippen LogP contribution in [0.2, 0.25) is 0 Å². The van der Waals surface area contributed by atoms with Crippen LogP contribution in [-0.4, -0.2) is 0 Å². The van der Waals surface area contributed by atoms with Crippen molar-refractivity contribution < 1.29 is 11.3 Å². The van der Waals surface area contributed by atoms with E-state index in [1.807, 2.05) is 24.3 Å². The van der Waals surface area contributed by atoms with E-state index >= 15 is 0 Å². The van der Waals surface area contributed by atoms with E-state index < -0.39 is 0 Å². The van der Waals surface area contributed by atoms with Gasteiger partial charge >= 0.3 is 39.6 Å². The van der Waals surface area contributed by atoms with Gasteiger partial charge in [-0.2, -0.15) is 30.3 Å². The van der Waals surface area contributed by atoms with Crippen molar-refractivity contribution in [3.63, 3.8) is 0 Å². The number of hydrogen-bond acceptors (Lipinski definition) is 1. The molecule has 1 aromatic rings. The minimum atomic E-state index is 0.584. The van der Waals surface area contributed by atoms with Crippen LogP contribution in [0.15, 0.2) is 24.3 Å². The van der Waals surface area contributed by atoms with Crippen LogP contribution in [-0.2, 0) is 17.9 Å². The van der Waals surface area contributed by atoms with Gasteiger partial charge in [-0.3, -0.25) is 0 Å². The molecule has 0 radical (unpaired) electrons. The Morgan fingerprint density at radius 3 is 2.36 bits per heavy atom. The van der Waals surface area contributed by atoms with Crippen LogP contribution in [0.1, 0.15) is 5.56 Å². The molecule has 2 N–H and O–H groups in total. The predicted molar refractivity (Wildman–Crippen MR) is 51.0 cm³/mol. The van der Waals surface area contributed by atoms with Gasteiger partial charge in [-0.15, -0.1) is 5.56 Å². The zero-order valence-corrected chi connectivity index (χ0v) is 9.76. The zero-order chi connectivity index (χ0) is 8.53. The molecule has 0 aromatic heterocycles. The van der Waals surface area contributed by atoms with Crippen LogP contribution >= 0.6 is 28.2 Å². The molecular weight excluding hydrogens is 321 g/mol. The molecule has 0 bridgehead atoms. The topological polar surface area (TPSA) is 26.0 Å². The van der Waals surface area contributed by atoms with Gasteiger partial charge in [0, 0.05) is 0 Å². The second kappa shape index (κ2) is 8.75. The molecule has 0 atom stereocenters. The average molecular weight is 330 g/mol. The van der Waals surface area contributed by atoms with E-state index in [4.69, 9.17) is 5.73 Å². The Labute approximate surface area is 87.3 Å². The quantitative estimate of drug-likeness (QED) is 0.622. The SMILES string of the molecule is NCc1[c-]cccc1.[Br][Cu][Br]. The van der Waals surface area contributed by atoms with E-state index in [1.165, 1.54) is 11.3 Å². The third-order valence-corrected chi connectivity index (χ3v) is 0.993. The molecule has 1 aromatic carbocycles. The molecule has 67 valence electrons. The van der Waals surface area contributed by atoms with E-state index in [1.54, 1.807) is 0 Å².